The molecule has 1 aromatic carbocycles. The molecule has 0 aliphatic rings. The van der Waals surface area contributed by atoms with E-state index in [2.05, 4.69) is 42.5 Å². The first kappa shape index (κ1) is 21.4. The number of tetrazole rings is 1. The summed E-state index contributed by atoms with van der Waals surface area (Å²) in [5, 5.41) is 36.3. The molecule has 0 aliphatic heterocycles. The van der Waals surface area contributed by atoms with Crippen molar-refractivity contribution in [2.45, 2.75) is 26.2 Å². The Kier molecular flexibility index (Phi) is 7.08. The summed E-state index contributed by atoms with van der Waals surface area (Å²) in [4.78, 5) is 8.52. The maximum absolute atomic E-state index is 10.2. The minimum atomic E-state index is -0.174. The third-order valence-corrected chi connectivity index (χ3v) is 5.04. The first-order chi connectivity index (χ1) is 14.5. The molecule has 9 nitrogen and oxygen atoms in total. The average Bonchev–Trinajstić information content (AvgIpc) is 3.27. The molecule has 0 aliphatic carbocycles. The molecular formula is C21H27N7O2. The zero-order valence-electron chi connectivity index (χ0n) is 17.2. The monoisotopic (exact) mass is 409 g/mol. The number of aromatic nitrogens is 6. The van der Waals surface area contributed by atoms with Crippen molar-refractivity contribution in [3.8, 4) is 11.1 Å². The smallest absolute Gasteiger partial charge is 0.222 e. The van der Waals surface area contributed by atoms with Crippen LogP contribution in [0.2, 0.25) is 0 Å². The Morgan fingerprint density at radius 3 is 2.37 bits per heavy atom. The number of nitrogens with one attached hydrogen (secondary N) is 2. The summed E-state index contributed by atoms with van der Waals surface area (Å²) in [5.74, 6) is 1.13. The van der Waals surface area contributed by atoms with Crippen LogP contribution in [0.5, 0.6) is 0 Å². The number of aliphatic hydroxyl groups is 2. The number of nitrogens with zero attached hydrogens (tertiary/aromatic N) is 5. The summed E-state index contributed by atoms with van der Waals surface area (Å²) in [6.07, 6.45) is 4.14. The van der Waals surface area contributed by atoms with Crippen LogP contribution in [0.25, 0.3) is 11.1 Å². The van der Waals surface area contributed by atoms with Crippen molar-refractivity contribution in [1.82, 2.24) is 30.6 Å². The van der Waals surface area contributed by atoms with Crippen molar-refractivity contribution < 1.29 is 10.2 Å². The topological polar surface area (TPSA) is 133 Å². The number of hydrogen-bond donors (Lipinski definition) is 4. The van der Waals surface area contributed by atoms with E-state index in [1.54, 1.807) is 12.4 Å². The Bertz CT molecular complexity index is 925. The van der Waals surface area contributed by atoms with Crippen LogP contribution in [0.1, 0.15) is 31.2 Å². The second-order valence-corrected chi connectivity index (χ2v) is 7.50. The standard InChI is InChI=1S/C21H27N7O2/c1-13(2)19(14(3)30)18(20-25-27-28-26-20)10-15-4-6-16(7-5-15)17-11-23-21(24-12-17)22-8-9-29/h4-7,11-13,18-19,29-30H,3,8-10H2,1-2H3,(H,22,23,24)(H,25,26,27,28)/t18-,19+/m0/s1. The number of aromatic amines is 1. The Morgan fingerprint density at radius 2 is 1.83 bits per heavy atom. The molecule has 0 saturated heterocycles. The fourth-order valence-electron chi connectivity index (χ4n) is 3.62. The van der Waals surface area contributed by atoms with Gasteiger partial charge in [-0.1, -0.05) is 44.7 Å². The van der Waals surface area contributed by atoms with Gasteiger partial charge in [-0.15, -0.1) is 5.10 Å². The lowest BCUT2D eigenvalue weighted by molar-refractivity contribution is 0.243. The highest BCUT2D eigenvalue weighted by molar-refractivity contribution is 5.62. The van der Waals surface area contributed by atoms with Crippen molar-refractivity contribution >= 4 is 5.95 Å². The van der Waals surface area contributed by atoms with Crippen LogP contribution in [-0.4, -0.2) is 54.0 Å². The molecular weight excluding hydrogens is 382 g/mol. The third kappa shape index (κ3) is 5.18. The van der Waals surface area contributed by atoms with E-state index in [-0.39, 0.29) is 30.1 Å². The van der Waals surface area contributed by atoms with Crippen molar-refractivity contribution in [3.05, 3.63) is 60.4 Å². The molecule has 3 rings (SSSR count). The Morgan fingerprint density at radius 1 is 1.13 bits per heavy atom. The van der Waals surface area contributed by atoms with Crippen molar-refractivity contribution in [2.75, 3.05) is 18.5 Å². The van der Waals surface area contributed by atoms with Gasteiger partial charge in [0.15, 0.2) is 5.82 Å². The van der Waals surface area contributed by atoms with E-state index in [4.69, 9.17) is 5.11 Å². The van der Waals surface area contributed by atoms with E-state index in [9.17, 15) is 5.11 Å². The fraction of sp³-hybridized carbons (Fsp3) is 0.381. The van der Waals surface area contributed by atoms with Crippen LogP contribution >= 0.6 is 0 Å². The summed E-state index contributed by atoms with van der Waals surface area (Å²) >= 11 is 0. The molecule has 0 bridgehead atoms. The predicted molar refractivity (Wildman–Crippen MR) is 114 cm³/mol. The molecule has 0 radical (unpaired) electrons. The fourth-order valence-corrected chi connectivity index (χ4v) is 3.62. The summed E-state index contributed by atoms with van der Waals surface area (Å²) in [6, 6.07) is 8.12. The van der Waals surface area contributed by atoms with E-state index in [0.717, 1.165) is 16.7 Å². The van der Waals surface area contributed by atoms with E-state index in [1.807, 2.05) is 38.1 Å². The zero-order valence-corrected chi connectivity index (χ0v) is 17.2. The molecule has 158 valence electrons. The van der Waals surface area contributed by atoms with Gasteiger partial charge in [0.2, 0.25) is 5.95 Å². The quantitative estimate of drug-likeness (QED) is 0.376. The molecule has 0 spiro atoms. The van der Waals surface area contributed by atoms with Gasteiger partial charge < -0.3 is 15.5 Å². The van der Waals surface area contributed by atoms with Gasteiger partial charge in [-0.3, -0.25) is 0 Å². The molecule has 0 fully saturated rings. The molecule has 2 atom stereocenters. The van der Waals surface area contributed by atoms with Crippen LogP contribution in [0, 0.1) is 11.8 Å². The first-order valence-corrected chi connectivity index (χ1v) is 9.87. The number of H-pyrrole nitrogens is 1. The predicted octanol–water partition coefficient (Wildman–Crippen LogP) is 2.73. The average molecular weight is 409 g/mol. The lowest BCUT2D eigenvalue weighted by Crippen LogP contribution is -2.23. The summed E-state index contributed by atoms with van der Waals surface area (Å²) in [5.41, 5.74) is 2.99. The minimum Gasteiger partial charge on any atom is -0.513 e. The van der Waals surface area contributed by atoms with E-state index < -0.39 is 0 Å². The van der Waals surface area contributed by atoms with Gasteiger partial charge in [0.05, 0.1) is 12.4 Å². The lowest BCUT2D eigenvalue weighted by Gasteiger charge is -2.27. The van der Waals surface area contributed by atoms with E-state index in [0.29, 0.717) is 24.7 Å². The largest absolute Gasteiger partial charge is 0.513 e. The summed E-state index contributed by atoms with van der Waals surface area (Å²) in [6.45, 7) is 8.30. The maximum Gasteiger partial charge on any atom is 0.222 e. The van der Waals surface area contributed by atoms with Gasteiger partial charge in [0.1, 0.15) is 0 Å². The highest BCUT2D eigenvalue weighted by Crippen LogP contribution is 2.35. The number of hydrogen-bond acceptors (Lipinski definition) is 8. The second kappa shape index (κ2) is 9.93. The highest BCUT2D eigenvalue weighted by Gasteiger charge is 2.31. The van der Waals surface area contributed by atoms with Gasteiger partial charge in [-0.2, -0.15) is 0 Å². The Balaban J connectivity index is 1.78. The molecule has 2 aromatic heterocycles. The zero-order chi connectivity index (χ0) is 21.5. The molecule has 4 N–H and O–H groups in total. The van der Waals surface area contributed by atoms with Crippen LogP contribution < -0.4 is 5.32 Å². The molecule has 0 amide bonds. The lowest BCUT2D eigenvalue weighted by atomic mass is 9.78. The minimum absolute atomic E-state index is 0.0268. The van der Waals surface area contributed by atoms with E-state index >= 15 is 0 Å². The molecule has 3 aromatic rings. The Labute approximate surface area is 175 Å². The van der Waals surface area contributed by atoms with E-state index in [1.165, 1.54) is 0 Å². The van der Waals surface area contributed by atoms with Crippen LogP contribution in [0.4, 0.5) is 5.95 Å². The van der Waals surface area contributed by atoms with Crippen molar-refractivity contribution in [1.29, 1.82) is 0 Å². The summed E-state index contributed by atoms with van der Waals surface area (Å²) in [7, 11) is 0. The van der Waals surface area contributed by atoms with Crippen LogP contribution in [0.3, 0.4) is 0 Å². The number of aliphatic hydroxyl groups excluding tert-OH is 2. The highest BCUT2D eigenvalue weighted by atomic mass is 16.3. The number of allylic oxidation sites excluding steroid dienone is 1. The SMILES string of the molecule is C=C(O)[C@@H](C(C)C)[C@H](Cc1ccc(-c2cnc(NCCO)nc2)cc1)c1nnn[nH]1. The normalized spacial score (nSPS) is 13.2. The van der Waals surface area contributed by atoms with Gasteiger partial charge in [-0.05, 0) is 33.9 Å². The van der Waals surface area contributed by atoms with Crippen molar-refractivity contribution in [3.63, 3.8) is 0 Å². The molecule has 30 heavy (non-hydrogen) atoms. The molecule has 9 heteroatoms. The molecule has 2 heterocycles. The van der Waals surface area contributed by atoms with Gasteiger partial charge in [0, 0.05) is 36.3 Å². The van der Waals surface area contributed by atoms with Crippen LogP contribution in [-0.2, 0) is 6.42 Å². The third-order valence-electron chi connectivity index (χ3n) is 5.04. The van der Waals surface area contributed by atoms with Crippen molar-refractivity contribution in [2.24, 2.45) is 11.8 Å². The number of benzene rings is 1. The summed E-state index contributed by atoms with van der Waals surface area (Å²) < 4.78 is 0. The molecule has 0 saturated carbocycles. The van der Waals surface area contributed by atoms with Gasteiger partial charge in [0.25, 0.3) is 0 Å². The second-order valence-electron chi connectivity index (χ2n) is 7.50. The van der Waals surface area contributed by atoms with Gasteiger partial charge >= 0.3 is 0 Å². The first-order valence-electron chi connectivity index (χ1n) is 9.87. The molecule has 0 unspecified atom stereocenters. The van der Waals surface area contributed by atoms with Crippen LogP contribution in [0.15, 0.2) is 49.0 Å². The Hall–Kier alpha value is -3.33. The van der Waals surface area contributed by atoms with Gasteiger partial charge in [-0.25, -0.2) is 15.1 Å². The number of anilines is 1. The number of rotatable bonds is 10. The maximum atomic E-state index is 10.2.